The molecular weight excluding hydrogens is 386 g/mol. The van der Waals surface area contributed by atoms with E-state index < -0.39 is 0 Å². The Labute approximate surface area is 175 Å². The number of rotatable bonds is 11. The normalized spacial score (nSPS) is 10.2. The molecule has 8 heteroatoms. The molecule has 0 unspecified atom stereocenters. The summed E-state index contributed by atoms with van der Waals surface area (Å²) in [5.41, 5.74) is 2.26. The SMILES string of the molecule is CCCOC(=O)c1ccc(NCC(=O)Nc2ccc(C(=O)NCCOC)cc2)cc1. The molecule has 0 bridgehead atoms. The lowest BCUT2D eigenvalue weighted by Gasteiger charge is -2.09. The molecule has 2 aromatic rings. The summed E-state index contributed by atoms with van der Waals surface area (Å²) in [7, 11) is 1.57. The lowest BCUT2D eigenvalue weighted by atomic mass is 10.2. The number of amides is 2. The number of nitrogens with one attached hydrogen (secondary N) is 3. The van der Waals surface area contributed by atoms with Crippen LogP contribution in [-0.2, 0) is 14.3 Å². The Morgan fingerprint density at radius 2 is 1.50 bits per heavy atom. The molecule has 2 rings (SSSR count). The summed E-state index contributed by atoms with van der Waals surface area (Å²) in [5, 5.41) is 8.48. The third-order valence-electron chi connectivity index (χ3n) is 4.03. The third-order valence-corrected chi connectivity index (χ3v) is 4.03. The Bertz CT molecular complexity index is 835. The van der Waals surface area contributed by atoms with Gasteiger partial charge in [0.15, 0.2) is 0 Å². The molecule has 160 valence electrons. The zero-order chi connectivity index (χ0) is 21.8. The summed E-state index contributed by atoms with van der Waals surface area (Å²) >= 11 is 0. The van der Waals surface area contributed by atoms with Gasteiger partial charge in [0.05, 0.1) is 25.3 Å². The second-order valence-corrected chi connectivity index (χ2v) is 6.44. The predicted octanol–water partition coefficient (Wildman–Crippen LogP) is 2.68. The van der Waals surface area contributed by atoms with Crippen LogP contribution >= 0.6 is 0 Å². The van der Waals surface area contributed by atoms with Crippen molar-refractivity contribution in [2.75, 3.05) is 44.0 Å². The summed E-state index contributed by atoms with van der Waals surface area (Å²) in [6.07, 6.45) is 0.769. The minimum atomic E-state index is -0.364. The molecule has 0 atom stereocenters. The van der Waals surface area contributed by atoms with Gasteiger partial charge in [-0.15, -0.1) is 0 Å². The van der Waals surface area contributed by atoms with Gasteiger partial charge in [0.1, 0.15) is 0 Å². The third kappa shape index (κ3) is 7.56. The van der Waals surface area contributed by atoms with Crippen LogP contribution in [0.3, 0.4) is 0 Å². The molecule has 2 amide bonds. The topological polar surface area (TPSA) is 106 Å². The van der Waals surface area contributed by atoms with Gasteiger partial charge >= 0.3 is 5.97 Å². The van der Waals surface area contributed by atoms with Crippen molar-refractivity contribution in [3.8, 4) is 0 Å². The summed E-state index contributed by atoms with van der Waals surface area (Å²) in [6.45, 7) is 3.25. The number of esters is 1. The van der Waals surface area contributed by atoms with Crippen LogP contribution in [0.5, 0.6) is 0 Å². The first-order valence-electron chi connectivity index (χ1n) is 9.71. The van der Waals surface area contributed by atoms with Crippen LogP contribution in [0.25, 0.3) is 0 Å². The van der Waals surface area contributed by atoms with E-state index in [0.29, 0.717) is 42.3 Å². The monoisotopic (exact) mass is 413 g/mol. The van der Waals surface area contributed by atoms with Gasteiger partial charge in [0, 0.05) is 30.6 Å². The first-order chi connectivity index (χ1) is 14.5. The number of ether oxygens (including phenoxy) is 2. The number of carbonyl (C=O) groups excluding carboxylic acids is 3. The standard InChI is InChI=1S/C22H27N3O5/c1-3-13-30-22(28)17-6-8-18(9-7-17)24-15-20(26)25-19-10-4-16(5-11-19)21(27)23-12-14-29-2/h4-11,24H,3,12-15H2,1-2H3,(H,23,27)(H,25,26). The lowest BCUT2D eigenvalue weighted by Crippen LogP contribution is -2.27. The molecule has 0 aliphatic rings. The molecule has 0 spiro atoms. The molecule has 0 aromatic heterocycles. The predicted molar refractivity (Wildman–Crippen MR) is 115 cm³/mol. The molecular formula is C22H27N3O5. The molecule has 2 aromatic carbocycles. The molecule has 0 heterocycles. The van der Waals surface area contributed by atoms with E-state index in [9.17, 15) is 14.4 Å². The Morgan fingerprint density at radius 3 is 2.13 bits per heavy atom. The highest BCUT2D eigenvalue weighted by atomic mass is 16.5. The van der Waals surface area contributed by atoms with Gasteiger partial charge in [-0.1, -0.05) is 6.92 Å². The van der Waals surface area contributed by atoms with E-state index in [1.807, 2.05) is 6.92 Å². The Balaban J connectivity index is 1.79. The zero-order valence-corrected chi connectivity index (χ0v) is 17.2. The second-order valence-electron chi connectivity index (χ2n) is 6.44. The minimum absolute atomic E-state index is 0.0544. The highest BCUT2D eigenvalue weighted by Crippen LogP contribution is 2.12. The van der Waals surface area contributed by atoms with E-state index in [4.69, 9.17) is 9.47 Å². The van der Waals surface area contributed by atoms with Crippen LogP contribution in [0.2, 0.25) is 0 Å². The van der Waals surface area contributed by atoms with Gasteiger partial charge in [-0.2, -0.15) is 0 Å². The van der Waals surface area contributed by atoms with Crippen molar-refractivity contribution in [2.24, 2.45) is 0 Å². The van der Waals surface area contributed by atoms with Gasteiger partial charge < -0.3 is 25.4 Å². The van der Waals surface area contributed by atoms with Gasteiger partial charge in [-0.3, -0.25) is 9.59 Å². The van der Waals surface area contributed by atoms with Crippen molar-refractivity contribution >= 4 is 29.2 Å². The van der Waals surface area contributed by atoms with Crippen LogP contribution in [0.1, 0.15) is 34.1 Å². The Kier molecular flexibility index (Phi) is 9.33. The summed E-state index contributed by atoms with van der Waals surface area (Å²) < 4.78 is 9.96. The molecule has 0 aliphatic carbocycles. The first kappa shape index (κ1) is 22.9. The molecule has 0 saturated carbocycles. The van der Waals surface area contributed by atoms with Gasteiger partial charge in [-0.25, -0.2) is 4.79 Å². The molecule has 0 aliphatic heterocycles. The Morgan fingerprint density at radius 1 is 0.867 bits per heavy atom. The van der Waals surface area contributed by atoms with Gasteiger partial charge in [0.25, 0.3) is 5.91 Å². The van der Waals surface area contributed by atoms with E-state index in [2.05, 4.69) is 16.0 Å². The maximum absolute atomic E-state index is 12.1. The van der Waals surface area contributed by atoms with Crippen LogP contribution in [0.4, 0.5) is 11.4 Å². The zero-order valence-electron chi connectivity index (χ0n) is 17.2. The van der Waals surface area contributed by atoms with Crippen molar-refractivity contribution in [1.82, 2.24) is 5.32 Å². The maximum Gasteiger partial charge on any atom is 0.338 e. The van der Waals surface area contributed by atoms with Crippen molar-refractivity contribution in [1.29, 1.82) is 0 Å². The van der Waals surface area contributed by atoms with E-state index in [1.165, 1.54) is 0 Å². The van der Waals surface area contributed by atoms with Crippen LogP contribution in [0, 0.1) is 0 Å². The fourth-order valence-electron chi connectivity index (χ4n) is 2.46. The summed E-state index contributed by atoms with van der Waals surface area (Å²) in [5.74, 6) is -0.802. The minimum Gasteiger partial charge on any atom is -0.462 e. The number of anilines is 2. The number of methoxy groups -OCH3 is 1. The summed E-state index contributed by atoms with van der Waals surface area (Å²) in [4.78, 5) is 35.8. The Hall–Kier alpha value is -3.39. The van der Waals surface area contributed by atoms with Crippen molar-refractivity contribution < 1.29 is 23.9 Å². The highest BCUT2D eigenvalue weighted by molar-refractivity contribution is 5.96. The van der Waals surface area contributed by atoms with Crippen LogP contribution in [-0.4, -0.2) is 51.2 Å². The largest absolute Gasteiger partial charge is 0.462 e. The quantitative estimate of drug-likeness (QED) is 0.386. The van der Waals surface area contributed by atoms with E-state index >= 15 is 0 Å². The number of carbonyl (C=O) groups is 3. The maximum atomic E-state index is 12.1. The first-order valence-corrected chi connectivity index (χ1v) is 9.71. The van der Waals surface area contributed by atoms with E-state index in [0.717, 1.165) is 6.42 Å². The van der Waals surface area contributed by atoms with Crippen molar-refractivity contribution in [2.45, 2.75) is 13.3 Å². The molecule has 0 saturated heterocycles. The molecule has 30 heavy (non-hydrogen) atoms. The van der Waals surface area contributed by atoms with E-state index in [-0.39, 0.29) is 24.3 Å². The fraction of sp³-hybridized carbons (Fsp3) is 0.318. The van der Waals surface area contributed by atoms with Crippen LogP contribution in [0.15, 0.2) is 48.5 Å². The lowest BCUT2D eigenvalue weighted by molar-refractivity contribution is -0.114. The number of benzene rings is 2. The summed E-state index contributed by atoms with van der Waals surface area (Å²) in [6, 6.07) is 13.3. The smallest absolute Gasteiger partial charge is 0.338 e. The molecule has 3 N–H and O–H groups in total. The molecule has 0 fully saturated rings. The average molecular weight is 413 g/mol. The van der Waals surface area contributed by atoms with Crippen LogP contribution < -0.4 is 16.0 Å². The number of hydrogen-bond donors (Lipinski definition) is 3. The molecule has 8 nitrogen and oxygen atoms in total. The van der Waals surface area contributed by atoms with Crippen molar-refractivity contribution in [3.05, 3.63) is 59.7 Å². The fourth-order valence-corrected chi connectivity index (χ4v) is 2.46. The van der Waals surface area contributed by atoms with Crippen molar-refractivity contribution in [3.63, 3.8) is 0 Å². The second kappa shape index (κ2) is 12.2. The van der Waals surface area contributed by atoms with E-state index in [1.54, 1.807) is 55.6 Å². The van der Waals surface area contributed by atoms with Gasteiger partial charge in [-0.05, 0) is 55.0 Å². The highest BCUT2D eigenvalue weighted by Gasteiger charge is 2.08. The van der Waals surface area contributed by atoms with Gasteiger partial charge in [0.2, 0.25) is 5.91 Å². The average Bonchev–Trinajstić information content (AvgIpc) is 2.77. The molecule has 0 radical (unpaired) electrons. The number of hydrogen-bond acceptors (Lipinski definition) is 6.